The Morgan fingerprint density at radius 3 is 2.86 bits per heavy atom. The molecule has 1 amide bonds. The molecule has 0 saturated heterocycles. The number of benzene rings is 2. The third-order valence-corrected chi connectivity index (χ3v) is 5.89. The smallest absolute Gasteiger partial charge is 0.257 e. The molecule has 2 aromatic carbocycles. The van der Waals surface area contributed by atoms with Crippen LogP contribution in [-0.2, 0) is 6.42 Å². The maximum atomic E-state index is 14.3. The van der Waals surface area contributed by atoms with Gasteiger partial charge in [0.1, 0.15) is 22.8 Å². The molecular weight excluding hydrogens is 413 g/mol. The van der Waals surface area contributed by atoms with Crippen molar-refractivity contribution in [1.82, 2.24) is 15.5 Å². The summed E-state index contributed by atoms with van der Waals surface area (Å²) in [5.41, 5.74) is 1.35. The standard InChI is InChI=1S/C21H17ClFN3O2S/c1-12-18(20(26-28-12)19-13(22)6-4-7-14(19)23)21(27)24-11-5-10-17-25-15-8-2-3-9-16(15)29-17/h2-4,6-9H,5,10-11H2,1H3,(H,24,27). The Balaban J connectivity index is 1.43. The second kappa shape index (κ2) is 8.31. The van der Waals surface area contributed by atoms with E-state index in [1.165, 1.54) is 12.1 Å². The number of nitrogens with zero attached hydrogens (tertiary/aromatic N) is 2. The van der Waals surface area contributed by atoms with E-state index in [0.29, 0.717) is 12.3 Å². The Kier molecular flexibility index (Phi) is 5.60. The average molecular weight is 430 g/mol. The highest BCUT2D eigenvalue weighted by Gasteiger charge is 2.25. The lowest BCUT2D eigenvalue weighted by atomic mass is 10.0. The summed E-state index contributed by atoms with van der Waals surface area (Å²) < 4.78 is 20.6. The van der Waals surface area contributed by atoms with Gasteiger partial charge in [-0.25, -0.2) is 9.37 Å². The molecule has 0 spiro atoms. The van der Waals surface area contributed by atoms with Crippen LogP contribution in [0.15, 0.2) is 47.0 Å². The van der Waals surface area contributed by atoms with Gasteiger partial charge in [-0.1, -0.05) is 35.0 Å². The van der Waals surface area contributed by atoms with Crippen LogP contribution in [-0.4, -0.2) is 22.6 Å². The lowest BCUT2D eigenvalue weighted by Crippen LogP contribution is -2.25. The van der Waals surface area contributed by atoms with Crippen molar-refractivity contribution in [3.8, 4) is 11.3 Å². The molecule has 0 fully saturated rings. The molecule has 148 valence electrons. The third kappa shape index (κ3) is 4.02. The molecule has 0 aliphatic carbocycles. The number of hydrogen-bond acceptors (Lipinski definition) is 5. The van der Waals surface area contributed by atoms with Crippen LogP contribution in [0.1, 0.15) is 27.5 Å². The molecule has 2 aromatic heterocycles. The number of rotatable bonds is 6. The predicted molar refractivity (Wildman–Crippen MR) is 112 cm³/mol. The van der Waals surface area contributed by atoms with Gasteiger partial charge >= 0.3 is 0 Å². The van der Waals surface area contributed by atoms with Crippen LogP contribution >= 0.6 is 22.9 Å². The zero-order valence-corrected chi connectivity index (χ0v) is 17.1. The SMILES string of the molecule is Cc1onc(-c2c(F)cccc2Cl)c1C(=O)NCCCc1nc2ccccc2s1. The van der Waals surface area contributed by atoms with E-state index in [4.69, 9.17) is 16.1 Å². The summed E-state index contributed by atoms with van der Waals surface area (Å²) in [5, 5.41) is 7.91. The van der Waals surface area contributed by atoms with Crippen molar-refractivity contribution in [2.75, 3.05) is 6.54 Å². The number of aryl methyl sites for hydroxylation is 2. The fourth-order valence-electron chi connectivity index (χ4n) is 3.09. The summed E-state index contributed by atoms with van der Waals surface area (Å²) >= 11 is 7.77. The van der Waals surface area contributed by atoms with Gasteiger partial charge in [-0.3, -0.25) is 4.79 Å². The number of para-hydroxylation sites is 1. The first-order valence-electron chi connectivity index (χ1n) is 9.08. The molecule has 8 heteroatoms. The van der Waals surface area contributed by atoms with Crippen molar-refractivity contribution in [1.29, 1.82) is 0 Å². The molecule has 0 saturated carbocycles. The van der Waals surface area contributed by atoms with Crippen molar-refractivity contribution in [3.05, 3.63) is 69.6 Å². The zero-order chi connectivity index (χ0) is 20.4. The monoisotopic (exact) mass is 429 g/mol. The lowest BCUT2D eigenvalue weighted by molar-refractivity contribution is 0.0952. The van der Waals surface area contributed by atoms with Crippen LogP contribution in [0.2, 0.25) is 5.02 Å². The molecule has 0 unspecified atom stereocenters. The first kappa shape index (κ1) is 19.5. The highest BCUT2D eigenvalue weighted by atomic mass is 35.5. The summed E-state index contributed by atoms with van der Waals surface area (Å²) in [6, 6.07) is 12.3. The van der Waals surface area contributed by atoms with Crippen LogP contribution in [0.3, 0.4) is 0 Å². The van der Waals surface area contributed by atoms with E-state index in [2.05, 4.69) is 15.5 Å². The highest BCUT2D eigenvalue weighted by molar-refractivity contribution is 7.18. The third-order valence-electron chi connectivity index (χ3n) is 4.48. The maximum Gasteiger partial charge on any atom is 0.257 e. The number of carbonyl (C=O) groups excluding carboxylic acids is 1. The van der Waals surface area contributed by atoms with Gasteiger partial charge in [-0.2, -0.15) is 0 Å². The largest absolute Gasteiger partial charge is 0.360 e. The summed E-state index contributed by atoms with van der Waals surface area (Å²) in [6.07, 6.45) is 1.49. The quantitative estimate of drug-likeness (QED) is 0.416. The van der Waals surface area contributed by atoms with E-state index < -0.39 is 5.82 Å². The molecule has 0 radical (unpaired) electrons. The number of carbonyl (C=O) groups is 1. The molecule has 2 heterocycles. The fraction of sp³-hybridized carbons (Fsp3) is 0.190. The van der Waals surface area contributed by atoms with Crippen molar-refractivity contribution >= 4 is 39.1 Å². The van der Waals surface area contributed by atoms with Crippen LogP contribution in [0.4, 0.5) is 4.39 Å². The summed E-state index contributed by atoms with van der Waals surface area (Å²) in [4.78, 5) is 17.3. The molecule has 1 N–H and O–H groups in total. The highest BCUT2D eigenvalue weighted by Crippen LogP contribution is 2.33. The second-order valence-corrected chi connectivity index (χ2v) is 8.02. The van der Waals surface area contributed by atoms with Crippen molar-refractivity contribution in [3.63, 3.8) is 0 Å². The molecule has 0 aliphatic rings. The van der Waals surface area contributed by atoms with Crippen LogP contribution < -0.4 is 5.32 Å². The van der Waals surface area contributed by atoms with Crippen LogP contribution in [0, 0.1) is 12.7 Å². The Hall–Kier alpha value is -2.77. The zero-order valence-electron chi connectivity index (χ0n) is 15.5. The number of halogens is 2. The molecule has 5 nitrogen and oxygen atoms in total. The summed E-state index contributed by atoms with van der Waals surface area (Å²) in [7, 11) is 0. The second-order valence-electron chi connectivity index (χ2n) is 6.49. The molecule has 4 rings (SSSR count). The van der Waals surface area contributed by atoms with Gasteiger partial charge < -0.3 is 9.84 Å². The summed E-state index contributed by atoms with van der Waals surface area (Å²) in [6.45, 7) is 2.06. The van der Waals surface area contributed by atoms with Gasteiger partial charge in [0.2, 0.25) is 0 Å². The number of thiazole rings is 1. The lowest BCUT2D eigenvalue weighted by Gasteiger charge is -2.07. The van der Waals surface area contributed by atoms with Crippen molar-refractivity contribution in [2.45, 2.75) is 19.8 Å². The first-order chi connectivity index (χ1) is 14.0. The minimum absolute atomic E-state index is 0.0608. The van der Waals surface area contributed by atoms with Gasteiger partial charge in [0, 0.05) is 13.0 Å². The van der Waals surface area contributed by atoms with Gasteiger partial charge in [0.25, 0.3) is 5.91 Å². The van der Waals surface area contributed by atoms with Gasteiger partial charge in [-0.05, 0) is 37.6 Å². The van der Waals surface area contributed by atoms with Gasteiger partial charge in [0.05, 0.1) is 25.8 Å². The van der Waals surface area contributed by atoms with E-state index in [0.717, 1.165) is 28.1 Å². The molecule has 29 heavy (non-hydrogen) atoms. The summed E-state index contributed by atoms with van der Waals surface area (Å²) in [5.74, 6) is -0.624. The van der Waals surface area contributed by atoms with Crippen LogP contribution in [0.5, 0.6) is 0 Å². The molecule has 0 bridgehead atoms. The van der Waals surface area contributed by atoms with Crippen LogP contribution in [0.25, 0.3) is 21.5 Å². The minimum atomic E-state index is -0.560. The number of hydrogen-bond donors (Lipinski definition) is 1. The van der Waals surface area contributed by atoms with E-state index in [1.807, 2.05) is 24.3 Å². The predicted octanol–water partition coefficient (Wildman–Crippen LogP) is 5.41. The van der Waals surface area contributed by atoms with Gasteiger partial charge in [-0.15, -0.1) is 11.3 Å². The van der Waals surface area contributed by atoms with E-state index >= 15 is 0 Å². The Labute approximate surface area is 175 Å². The maximum absolute atomic E-state index is 14.3. The average Bonchev–Trinajstić information content (AvgIpc) is 3.28. The van der Waals surface area contributed by atoms with Gasteiger partial charge in [0.15, 0.2) is 0 Å². The van der Waals surface area contributed by atoms with E-state index in [-0.39, 0.29) is 27.8 Å². The first-order valence-corrected chi connectivity index (χ1v) is 10.3. The van der Waals surface area contributed by atoms with E-state index in [9.17, 15) is 9.18 Å². The number of aromatic nitrogens is 2. The van der Waals surface area contributed by atoms with E-state index in [1.54, 1.807) is 24.3 Å². The molecule has 0 aliphatic heterocycles. The Morgan fingerprint density at radius 2 is 2.07 bits per heavy atom. The van der Waals surface area contributed by atoms with Crippen molar-refractivity contribution in [2.24, 2.45) is 0 Å². The number of amides is 1. The Morgan fingerprint density at radius 1 is 1.24 bits per heavy atom. The fourth-order valence-corrected chi connectivity index (χ4v) is 4.35. The number of nitrogens with one attached hydrogen (secondary N) is 1. The molecule has 4 aromatic rings. The van der Waals surface area contributed by atoms with Crippen molar-refractivity contribution < 1.29 is 13.7 Å². The molecule has 0 atom stereocenters. The normalized spacial score (nSPS) is 11.1. The Bertz CT molecular complexity index is 1130. The number of fused-ring (bicyclic) bond motifs is 1. The molecular formula is C21H17ClFN3O2S. The minimum Gasteiger partial charge on any atom is -0.360 e. The topological polar surface area (TPSA) is 68.0 Å².